The molecular formula is C24H22Cl2N8O2. The van der Waals surface area contributed by atoms with E-state index in [2.05, 4.69) is 20.3 Å². The lowest BCUT2D eigenvalue weighted by molar-refractivity contribution is -0.119. The second-order valence-electron chi connectivity index (χ2n) is 8.64. The number of benzene rings is 2. The Bertz CT molecular complexity index is 1610. The average Bonchev–Trinajstić information content (AvgIpc) is 3.24. The van der Waals surface area contributed by atoms with Crippen LogP contribution in [0.5, 0.6) is 0 Å². The van der Waals surface area contributed by atoms with Crippen molar-refractivity contribution in [2.45, 2.75) is 6.42 Å². The van der Waals surface area contributed by atoms with Crippen molar-refractivity contribution in [3.8, 4) is 5.69 Å². The number of H-pyrrole nitrogens is 1. The summed E-state index contributed by atoms with van der Waals surface area (Å²) in [6.45, 7) is 0.990. The minimum atomic E-state index is -0.604. The van der Waals surface area contributed by atoms with Gasteiger partial charge in [0.05, 0.1) is 27.7 Å². The average molecular weight is 525 g/mol. The molecule has 0 spiro atoms. The molecule has 1 amide bonds. The van der Waals surface area contributed by atoms with Crippen LogP contribution >= 0.6 is 23.2 Å². The van der Waals surface area contributed by atoms with Crippen LogP contribution < -0.4 is 21.4 Å². The molecule has 2 aromatic heterocycles. The van der Waals surface area contributed by atoms with E-state index in [0.29, 0.717) is 18.5 Å². The Hall–Kier alpha value is -3.73. The fourth-order valence-corrected chi connectivity index (χ4v) is 4.80. The zero-order valence-corrected chi connectivity index (χ0v) is 21.0. The lowest BCUT2D eigenvalue weighted by Crippen LogP contribution is -2.36. The fraction of sp³-hybridized carbons (Fsp3) is 0.208. The van der Waals surface area contributed by atoms with Gasteiger partial charge in [0.1, 0.15) is 5.49 Å². The number of likely N-dealkylation sites (N-methyl/N-ethyl adjacent to an activating group) is 1. The summed E-state index contributed by atoms with van der Waals surface area (Å²) in [5, 5.41) is 12.5. The number of hydrogen-bond acceptors (Lipinski definition) is 7. The van der Waals surface area contributed by atoms with Gasteiger partial charge in [0, 0.05) is 24.1 Å². The maximum atomic E-state index is 12.9. The molecule has 1 aliphatic heterocycles. The first kappa shape index (κ1) is 24.0. The van der Waals surface area contributed by atoms with Gasteiger partial charge in [-0.15, -0.1) is 0 Å². The molecule has 10 nitrogen and oxygen atoms in total. The van der Waals surface area contributed by atoms with E-state index < -0.39 is 5.69 Å². The van der Waals surface area contributed by atoms with E-state index in [4.69, 9.17) is 28.6 Å². The predicted molar refractivity (Wildman–Crippen MR) is 140 cm³/mol. The topological polar surface area (TPSA) is 123 Å². The van der Waals surface area contributed by atoms with E-state index in [1.807, 2.05) is 37.2 Å². The number of anilines is 3. The Balaban J connectivity index is 1.45. The molecule has 0 radical (unpaired) electrons. The highest BCUT2D eigenvalue weighted by atomic mass is 35.5. The molecule has 0 saturated carbocycles. The van der Waals surface area contributed by atoms with Crippen LogP contribution in [0.4, 0.5) is 17.3 Å². The third kappa shape index (κ3) is 4.34. The normalized spacial score (nSPS) is 12.9. The molecule has 2 aromatic carbocycles. The summed E-state index contributed by atoms with van der Waals surface area (Å²) < 4.78 is 1.09. The molecule has 0 bridgehead atoms. The molecule has 4 aromatic rings. The van der Waals surface area contributed by atoms with Crippen molar-refractivity contribution in [2.24, 2.45) is 0 Å². The number of aromatic amines is 1. The number of carbonyl (C=O) groups excluding carboxylic acids is 1. The molecule has 1 aliphatic rings. The standard InChI is InChI=1S/C24H22Cl2N8O2/c1-32(2)12-19(35)33-9-8-13-10-14(6-7-18(13)33)29-23-28-11-15-21(27)34(24(36)31-22(15)30-23)20-16(25)4-3-5-17(20)26/h3-7,10-11,27H,8-9,12H2,1-2H3,(H2,28,29,30,31,36). The van der Waals surface area contributed by atoms with Gasteiger partial charge < -0.3 is 15.1 Å². The first-order valence-electron chi connectivity index (χ1n) is 11.1. The van der Waals surface area contributed by atoms with Crippen molar-refractivity contribution in [3.63, 3.8) is 0 Å². The summed E-state index contributed by atoms with van der Waals surface area (Å²) in [5.74, 6) is 0.312. The van der Waals surface area contributed by atoms with Gasteiger partial charge in [0.25, 0.3) is 0 Å². The van der Waals surface area contributed by atoms with Crippen molar-refractivity contribution in [3.05, 3.63) is 74.2 Å². The zero-order chi connectivity index (χ0) is 25.6. The maximum Gasteiger partial charge on any atom is 0.333 e. The second-order valence-corrected chi connectivity index (χ2v) is 9.46. The molecule has 0 atom stereocenters. The minimum absolute atomic E-state index is 0.0581. The zero-order valence-electron chi connectivity index (χ0n) is 19.5. The van der Waals surface area contributed by atoms with Crippen LogP contribution in [-0.2, 0) is 11.2 Å². The molecule has 12 heteroatoms. The summed E-state index contributed by atoms with van der Waals surface area (Å²) >= 11 is 12.5. The Kier molecular flexibility index (Phi) is 6.25. The molecule has 0 saturated heterocycles. The fourth-order valence-electron chi connectivity index (χ4n) is 4.23. The number of halogens is 2. The van der Waals surface area contributed by atoms with Gasteiger partial charge in [-0.25, -0.2) is 14.3 Å². The molecule has 0 unspecified atom stereocenters. The van der Waals surface area contributed by atoms with Gasteiger partial charge >= 0.3 is 5.69 Å². The van der Waals surface area contributed by atoms with Crippen molar-refractivity contribution < 1.29 is 4.79 Å². The van der Waals surface area contributed by atoms with Gasteiger partial charge in [-0.2, -0.15) is 4.98 Å². The monoisotopic (exact) mass is 524 g/mol. The van der Waals surface area contributed by atoms with E-state index >= 15 is 0 Å². The molecular weight excluding hydrogens is 503 g/mol. The maximum absolute atomic E-state index is 12.9. The first-order valence-corrected chi connectivity index (χ1v) is 11.8. The van der Waals surface area contributed by atoms with Gasteiger partial charge in [0.2, 0.25) is 11.9 Å². The summed E-state index contributed by atoms with van der Waals surface area (Å²) in [7, 11) is 3.74. The van der Waals surface area contributed by atoms with Gasteiger partial charge in [0.15, 0.2) is 5.65 Å². The minimum Gasteiger partial charge on any atom is -0.324 e. The number of amides is 1. The highest BCUT2D eigenvalue weighted by Gasteiger charge is 2.25. The molecule has 0 aliphatic carbocycles. The lowest BCUT2D eigenvalue weighted by Gasteiger charge is -2.20. The van der Waals surface area contributed by atoms with Crippen LogP contribution in [0.1, 0.15) is 5.56 Å². The number of hydrogen-bond donors (Lipinski definition) is 3. The Morgan fingerprint density at radius 1 is 1.22 bits per heavy atom. The molecule has 3 heterocycles. The Morgan fingerprint density at radius 3 is 2.69 bits per heavy atom. The van der Waals surface area contributed by atoms with E-state index in [9.17, 15) is 9.59 Å². The molecule has 5 rings (SSSR count). The van der Waals surface area contributed by atoms with Crippen molar-refractivity contribution in [2.75, 3.05) is 37.4 Å². The third-order valence-corrected chi connectivity index (χ3v) is 6.45. The highest BCUT2D eigenvalue weighted by molar-refractivity contribution is 6.37. The van der Waals surface area contributed by atoms with Crippen molar-refractivity contribution >= 4 is 57.5 Å². The Morgan fingerprint density at radius 2 is 1.97 bits per heavy atom. The number of nitrogens with one attached hydrogen (secondary N) is 3. The number of carbonyl (C=O) groups is 1. The number of nitrogens with zero attached hydrogens (tertiary/aromatic N) is 5. The smallest absolute Gasteiger partial charge is 0.324 e. The van der Waals surface area contributed by atoms with Crippen molar-refractivity contribution in [1.82, 2.24) is 24.4 Å². The quantitative estimate of drug-likeness (QED) is 0.368. The number of fused-ring (bicyclic) bond motifs is 2. The van der Waals surface area contributed by atoms with E-state index in [1.54, 1.807) is 23.1 Å². The van der Waals surface area contributed by atoms with E-state index in [-0.39, 0.29) is 38.7 Å². The first-order chi connectivity index (χ1) is 17.2. The van der Waals surface area contributed by atoms with E-state index in [0.717, 1.165) is 27.9 Å². The molecule has 184 valence electrons. The predicted octanol–water partition coefficient (Wildman–Crippen LogP) is 3.09. The van der Waals surface area contributed by atoms with Crippen LogP contribution in [0.3, 0.4) is 0 Å². The SMILES string of the molecule is CN(C)CC(=O)N1CCc2cc(Nc3ncc4c(=N)n(-c5c(Cl)cccc5Cl)c(=O)[nH]c4n3)ccc21. The summed E-state index contributed by atoms with van der Waals surface area (Å²) in [6.07, 6.45) is 2.21. The number of para-hydroxylation sites is 1. The van der Waals surface area contributed by atoms with Crippen LogP contribution in [0, 0.1) is 5.41 Å². The van der Waals surface area contributed by atoms with Gasteiger partial charge in [-0.3, -0.25) is 15.2 Å². The van der Waals surface area contributed by atoms with Crippen LogP contribution in [-0.4, -0.2) is 57.5 Å². The molecule has 3 N–H and O–H groups in total. The third-order valence-electron chi connectivity index (χ3n) is 5.84. The largest absolute Gasteiger partial charge is 0.333 e. The summed E-state index contributed by atoms with van der Waals surface area (Å²) in [5.41, 5.74) is 2.36. The van der Waals surface area contributed by atoms with Crippen molar-refractivity contribution in [1.29, 1.82) is 5.41 Å². The summed E-state index contributed by atoms with van der Waals surface area (Å²) in [6, 6.07) is 10.6. The van der Waals surface area contributed by atoms with Crippen LogP contribution in [0.25, 0.3) is 16.7 Å². The number of rotatable bonds is 5. The highest BCUT2D eigenvalue weighted by Crippen LogP contribution is 2.31. The number of aromatic nitrogens is 4. The second kappa shape index (κ2) is 9.38. The van der Waals surface area contributed by atoms with Gasteiger partial charge in [-0.1, -0.05) is 29.3 Å². The summed E-state index contributed by atoms with van der Waals surface area (Å²) in [4.78, 5) is 40.4. The van der Waals surface area contributed by atoms with Crippen LogP contribution in [0.15, 0.2) is 47.4 Å². The van der Waals surface area contributed by atoms with Crippen LogP contribution in [0.2, 0.25) is 10.0 Å². The van der Waals surface area contributed by atoms with Gasteiger partial charge in [-0.05, 0) is 56.4 Å². The lowest BCUT2D eigenvalue weighted by atomic mass is 10.1. The molecule has 0 fully saturated rings. The Labute approximate surface area is 215 Å². The molecule has 36 heavy (non-hydrogen) atoms. The van der Waals surface area contributed by atoms with E-state index in [1.165, 1.54) is 6.20 Å².